The highest BCUT2D eigenvalue weighted by molar-refractivity contribution is 8.16. The van der Waals surface area contributed by atoms with Gasteiger partial charge in [-0.15, -0.1) is 22.7 Å². The Morgan fingerprint density at radius 3 is 2.50 bits per heavy atom. The summed E-state index contributed by atoms with van der Waals surface area (Å²) in [5.74, 6) is -1.02. The van der Waals surface area contributed by atoms with Crippen LogP contribution >= 0.6 is 46.0 Å². The molecule has 1 fully saturated rings. The molecule has 3 heterocycles. The van der Waals surface area contributed by atoms with E-state index in [2.05, 4.69) is 5.32 Å². The Labute approximate surface area is 180 Å². The third-order valence-electron chi connectivity index (χ3n) is 4.01. The van der Waals surface area contributed by atoms with E-state index >= 15 is 0 Å². The van der Waals surface area contributed by atoms with E-state index in [1.807, 2.05) is 24.3 Å². The average Bonchev–Trinajstić information content (AvgIpc) is 3.18. The van der Waals surface area contributed by atoms with Crippen molar-refractivity contribution in [2.75, 3.05) is 6.54 Å². The minimum absolute atomic E-state index is 0.0147. The molecule has 5 nitrogen and oxygen atoms in total. The first-order valence-electron chi connectivity index (χ1n) is 8.67. The molecule has 1 saturated heterocycles. The summed E-state index contributed by atoms with van der Waals surface area (Å²) < 4.78 is 5.36. The van der Waals surface area contributed by atoms with Gasteiger partial charge in [-0.3, -0.25) is 14.4 Å². The predicted molar refractivity (Wildman–Crippen MR) is 115 cm³/mol. The van der Waals surface area contributed by atoms with Gasteiger partial charge >= 0.3 is 5.97 Å². The van der Waals surface area contributed by atoms with Gasteiger partial charge in [-0.1, -0.05) is 23.4 Å². The van der Waals surface area contributed by atoms with E-state index < -0.39 is 27.3 Å². The normalized spacial score (nSPS) is 20.6. The van der Waals surface area contributed by atoms with E-state index in [0.29, 0.717) is 17.3 Å². The molecule has 3 rings (SSSR count). The smallest absolute Gasteiger partial charge is 0.308 e. The summed E-state index contributed by atoms with van der Waals surface area (Å²) >= 11 is 9.95. The van der Waals surface area contributed by atoms with Crippen LogP contribution in [0.5, 0.6) is 0 Å². The number of carbonyl (C=O) groups excluding carboxylic acids is 3. The lowest BCUT2D eigenvalue weighted by Gasteiger charge is -2.30. The van der Waals surface area contributed by atoms with E-state index in [1.165, 1.54) is 22.7 Å². The lowest BCUT2D eigenvalue weighted by Crippen LogP contribution is -2.32. The Morgan fingerprint density at radius 1 is 1.18 bits per heavy atom. The van der Waals surface area contributed by atoms with Crippen molar-refractivity contribution in [3.63, 3.8) is 0 Å². The number of hydrogen-bond acceptors (Lipinski definition) is 7. The third-order valence-corrected chi connectivity index (χ3v) is 8.18. The number of carbonyl (C=O) groups is 3. The summed E-state index contributed by atoms with van der Waals surface area (Å²) in [6.45, 7) is 5.73. The van der Waals surface area contributed by atoms with Crippen LogP contribution in [0.2, 0.25) is 4.34 Å². The minimum atomic E-state index is -0.845. The van der Waals surface area contributed by atoms with E-state index in [1.54, 1.807) is 20.8 Å². The van der Waals surface area contributed by atoms with E-state index in [-0.39, 0.29) is 6.42 Å². The Morgan fingerprint density at radius 2 is 1.86 bits per heavy atom. The molecular weight excluding hydrogens is 438 g/mol. The van der Waals surface area contributed by atoms with Gasteiger partial charge in [0.05, 0.1) is 15.5 Å². The largest absolute Gasteiger partial charge is 0.460 e. The first-order chi connectivity index (χ1) is 13.1. The fourth-order valence-corrected chi connectivity index (χ4v) is 6.47. The Balaban J connectivity index is 1.96. The van der Waals surface area contributed by atoms with Crippen molar-refractivity contribution in [3.05, 3.63) is 33.5 Å². The monoisotopic (exact) mass is 457 g/mol. The van der Waals surface area contributed by atoms with Crippen LogP contribution in [-0.4, -0.2) is 29.1 Å². The summed E-state index contributed by atoms with van der Waals surface area (Å²) in [6.07, 6.45) is 0.473. The summed E-state index contributed by atoms with van der Waals surface area (Å²) in [5, 5.41) is 2.02. The van der Waals surface area contributed by atoms with Crippen LogP contribution in [0.1, 0.15) is 38.5 Å². The molecule has 28 heavy (non-hydrogen) atoms. The third kappa shape index (κ3) is 4.97. The number of thioether (sulfide) groups is 1. The zero-order chi connectivity index (χ0) is 20.5. The van der Waals surface area contributed by atoms with Gasteiger partial charge in [-0.25, -0.2) is 0 Å². The highest BCUT2D eigenvalue weighted by atomic mass is 35.5. The number of ether oxygens (including phenoxy) is 1. The molecule has 1 N–H and O–H groups in total. The van der Waals surface area contributed by atoms with Crippen molar-refractivity contribution in [2.45, 2.75) is 44.0 Å². The van der Waals surface area contributed by atoms with E-state index in [0.717, 1.165) is 26.4 Å². The minimum Gasteiger partial charge on any atom is -0.460 e. The molecule has 1 aliphatic rings. The van der Waals surface area contributed by atoms with Crippen molar-refractivity contribution in [2.24, 2.45) is 0 Å². The number of amides is 1. The van der Waals surface area contributed by atoms with Crippen LogP contribution in [0.3, 0.4) is 0 Å². The highest BCUT2D eigenvalue weighted by Gasteiger charge is 2.43. The fraction of sp³-hybridized carbons (Fsp3) is 0.421. The number of thiophene rings is 2. The summed E-state index contributed by atoms with van der Waals surface area (Å²) in [7, 11) is 0. The summed E-state index contributed by atoms with van der Waals surface area (Å²) in [4.78, 5) is 39.7. The number of hydrogen-bond donors (Lipinski definition) is 1. The predicted octanol–water partition coefficient (Wildman–Crippen LogP) is 4.84. The molecule has 0 saturated carbocycles. The van der Waals surface area contributed by atoms with Gasteiger partial charge in [0.15, 0.2) is 0 Å². The van der Waals surface area contributed by atoms with Crippen molar-refractivity contribution in [1.29, 1.82) is 0 Å². The molecule has 1 aliphatic heterocycles. The quantitative estimate of drug-likeness (QED) is 0.525. The van der Waals surface area contributed by atoms with Crippen LogP contribution in [0, 0.1) is 0 Å². The SMILES string of the molecule is CC(C)(C)OC(=O)CC1(c2ccc(-c3ccc(Cl)s3)s2)CCNC(=O)C(=O)S1. The molecular formula is C19H20ClNO4S3. The maximum atomic E-state index is 12.6. The van der Waals surface area contributed by atoms with Gasteiger partial charge in [0.25, 0.3) is 11.0 Å². The molecule has 0 spiro atoms. The lowest BCUT2D eigenvalue weighted by atomic mass is 9.97. The zero-order valence-corrected chi connectivity index (χ0v) is 18.9. The summed E-state index contributed by atoms with van der Waals surface area (Å²) in [5.41, 5.74) is -0.625. The molecule has 0 bridgehead atoms. The van der Waals surface area contributed by atoms with Crippen LogP contribution in [0.15, 0.2) is 24.3 Å². The van der Waals surface area contributed by atoms with Gasteiger partial charge in [0.2, 0.25) is 0 Å². The molecule has 9 heteroatoms. The van der Waals surface area contributed by atoms with Crippen molar-refractivity contribution in [1.82, 2.24) is 5.32 Å². The van der Waals surface area contributed by atoms with Gasteiger partial charge in [-0.05, 0) is 51.5 Å². The standard InChI is InChI=1S/C19H20ClNO4S3/c1-18(2,3)25-15(22)10-19(8-9-21-16(23)17(24)28-19)13-6-4-11(26-13)12-5-7-14(20)27-12/h4-7H,8-10H2,1-3H3,(H,21,23). The topological polar surface area (TPSA) is 72.5 Å². The second-order valence-corrected chi connectivity index (χ2v) is 11.6. The van der Waals surface area contributed by atoms with Gasteiger partial charge in [-0.2, -0.15) is 0 Å². The fourth-order valence-electron chi connectivity index (χ4n) is 2.88. The van der Waals surface area contributed by atoms with Crippen molar-refractivity contribution in [3.8, 4) is 9.75 Å². The maximum absolute atomic E-state index is 12.6. The Bertz CT molecular complexity index is 914. The number of rotatable bonds is 4. The molecule has 0 radical (unpaired) electrons. The zero-order valence-electron chi connectivity index (χ0n) is 15.7. The highest BCUT2D eigenvalue weighted by Crippen LogP contribution is 2.49. The van der Waals surface area contributed by atoms with Gasteiger partial charge in [0.1, 0.15) is 5.60 Å². The van der Waals surface area contributed by atoms with Crippen LogP contribution in [0.4, 0.5) is 0 Å². The van der Waals surface area contributed by atoms with Crippen LogP contribution < -0.4 is 5.32 Å². The van der Waals surface area contributed by atoms with E-state index in [9.17, 15) is 14.4 Å². The molecule has 2 aromatic heterocycles. The lowest BCUT2D eigenvalue weighted by molar-refractivity contribution is -0.155. The molecule has 1 unspecified atom stereocenters. The molecule has 0 aromatic carbocycles. The Kier molecular flexibility index (Phi) is 6.24. The number of halogens is 1. The first-order valence-corrected chi connectivity index (χ1v) is 11.5. The molecule has 2 aromatic rings. The maximum Gasteiger partial charge on any atom is 0.308 e. The van der Waals surface area contributed by atoms with Crippen LogP contribution in [-0.2, 0) is 23.9 Å². The molecule has 0 aliphatic carbocycles. The van der Waals surface area contributed by atoms with Gasteiger partial charge in [0, 0.05) is 21.2 Å². The second-order valence-electron chi connectivity index (χ2n) is 7.42. The van der Waals surface area contributed by atoms with Crippen molar-refractivity contribution < 1.29 is 19.1 Å². The number of esters is 1. The summed E-state index contributed by atoms with van der Waals surface area (Å²) in [6, 6.07) is 7.67. The first kappa shape index (κ1) is 21.4. The van der Waals surface area contributed by atoms with Crippen LogP contribution in [0.25, 0.3) is 9.75 Å². The molecule has 150 valence electrons. The molecule has 1 amide bonds. The second kappa shape index (κ2) is 8.18. The Hall–Kier alpha value is -1.35. The van der Waals surface area contributed by atoms with Gasteiger partial charge < -0.3 is 10.1 Å². The average molecular weight is 458 g/mol. The van der Waals surface area contributed by atoms with E-state index in [4.69, 9.17) is 16.3 Å². The van der Waals surface area contributed by atoms with Crippen molar-refractivity contribution >= 4 is 63.0 Å². The molecule has 1 atom stereocenters. The number of nitrogens with one attached hydrogen (secondary N) is 1.